The van der Waals surface area contributed by atoms with E-state index in [0.29, 0.717) is 19.8 Å². The van der Waals surface area contributed by atoms with Crippen LogP contribution >= 0.6 is 0 Å². The minimum atomic E-state index is 0.0164. The van der Waals surface area contributed by atoms with Crippen LogP contribution in [0.4, 0.5) is 0 Å². The van der Waals surface area contributed by atoms with E-state index in [1.54, 1.807) is 7.11 Å². The maximum Gasteiger partial charge on any atom is 0.0701 e. The Labute approximate surface area is 114 Å². The fraction of sp³-hybridized carbons (Fsp3) is 0.375. The van der Waals surface area contributed by atoms with Crippen molar-refractivity contribution in [2.75, 3.05) is 26.9 Å². The Bertz CT molecular complexity index is 508. The molecule has 2 N–H and O–H groups in total. The second-order valence-electron chi connectivity index (χ2n) is 4.67. The van der Waals surface area contributed by atoms with Crippen molar-refractivity contribution in [3.05, 3.63) is 48.0 Å². The number of methoxy groups -OCH3 is 1. The number of ether oxygens (including phenoxy) is 2. The molecule has 3 heteroatoms. The smallest absolute Gasteiger partial charge is 0.0701 e. The largest absolute Gasteiger partial charge is 0.382 e. The van der Waals surface area contributed by atoms with Crippen molar-refractivity contribution in [3.63, 3.8) is 0 Å². The maximum atomic E-state index is 6.11. The first-order valence-corrected chi connectivity index (χ1v) is 6.60. The average Bonchev–Trinajstić information content (AvgIpc) is 2.44. The Balaban J connectivity index is 1.97. The Morgan fingerprint density at radius 2 is 1.84 bits per heavy atom. The summed E-state index contributed by atoms with van der Waals surface area (Å²) in [6, 6.07) is 14.7. The molecule has 1 atom stereocenters. The van der Waals surface area contributed by atoms with Crippen LogP contribution in [0, 0.1) is 0 Å². The summed E-state index contributed by atoms with van der Waals surface area (Å²) >= 11 is 0. The zero-order valence-electron chi connectivity index (χ0n) is 11.3. The van der Waals surface area contributed by atoms with Gasteiger partial charge in [0, 0.05) is 13.2 Å². The molecule has 0 heterocycles. The molecule has 0 aliphatic carbocycles. The van der Waals surface area contributed by atoms with Gasteiger partial charge in [0.05, 0.1) is 19.8 Å². The third-order valence-electron chi connectivity index (χ3n) is 3.13. The zero-order valence-corrected chi connectivity index (χ0v) is 11.3. The number of fused-ring (bicyclic) bond motifs is 1. The van der Waals surface area contributed by atoms with Crippen LogP contribution in [0.5, 0.6) is 0 Å². The van der Waals surface area contributed by atoms with Gasteiger partial charge in [0.25, 0.3) is 0 Å². The van der Waals surface area contributed by atoms with Gasteiger partial charge in [0.1, 0.15) is 0 Å². The summed E-state index contributed by atoms with van der Waals surface area (Å²) in [7, 11) is 1.67. The van der Waals surface area contributed by atoms with Crippen LogP contribution in [0.1, 0.15) is 5.56 Å². The summed E-state index contributed by atoms with van der Waals surface area (Å²) in [6.45, 7) is 1.77. The highest BCUT2D eigenvalue weighted by Gasteiger charge is 2.07. The molecule has 19 heavy (non-hydrogen) atoms. The van der Waals surface area contributed by atoms with Crippen molar-refractivity contribution in [2.24, 2.45) is 5.73 Å². The second kappa shape index (κ2) is 7.24. The lowest BCUT2D eigenvalue weighted by molar-refractivity contribution is 0.0637. The fourth-order valence-corrected chi connectivity index (χ4v) is 2.19. The highest BCUT2D eigenvalue weighted by Crippen LogP contribution is 2.19. The molecule has 0 saturated heterocycles. The van der Waals surface area contributed by atoms with E-state index in [9.17, 15) is 0 Å². The summed E-state index contributed by atoms with van der Waals surface area (Å²) in [5.74, 6) is 0. The van der Waals surface area contributed by atoms with Gasteiger partial charge in [-0.2, -0.15) is 0 Å². The van der Waals surface area contributed by atoms with Crippen molar-refractivity contribution in [2.45, 2.75) is 12.5 Å². The molecule has 2 aromatic carbocycles. The number of hydrogen-bond acceptors (Lipinski definition) is 3. The van der Waals surface area contributed by atoms with Gasteiger partial charge in [0.15, 0.2) is 0 Å². The monoisotopic (exact) mass is 259 g/mol. The summed E-state index contributed by atoms with van der Waals surface area (Å²) in [5, 5.41) is 2.53. The van der Waals surface area contributed by atoms with Crippen LogP contribution in [0.25, 0.3) is 10.8 Å². The number of hydrogen-bond donors (Lipinski definition) is 1. The highest BCUT2D eigenvalue weighted by molar-refractivity contribution is 5.85. The number of nitrogens with two attached hydrogens (primary N) is 1. The summed E-state index contributed by atoms with van der Waals surface area (Å²) in [4.78, 5) is 0. The van der Waals surface area contributed by atoms with Crippen molar-refractivity contribution in [1.29, 1.82) is 0 Å². The first kappa shape index (κ1) is 14.0. The van der Waals surface area contributed by atoms with E-state index in [1.165, 1.54) is 16.3 Å². The van der Waals surface area contributed by atoms with Gasteiger partial charge in [-0.3, -0.25) is 0 Å². The Morgan fingerprint density at radius 1 is 1.05 bits per heavy atom. The van der Waals surface area contributed by atoms with Gasteiger partial charge in [0.2, 0.25) is 0 Å². The summed E-state index contributed by atoms with van der Waals surface area (Å²) in [6.07, 6.45) is 0.828. The van der Waals surface area contributed by atoms with Crippen molar-refractivity contribution in [3.8, 4) is 0 Å². The normalized spacial score (nSPS) is 12.7. The number of benzene rings is 2. The van der Waals surface area contributed by atoms with Gasteiger partial charge in [-0.15, -0.1) is 0 Å². The van der Waals surface area contributed by atoms with Gasteiger partial charge < -0.3 is 15.2 Å². The molecule has 0 spiro atoms. The third-order valence-corrected chi connectivity index (χ3v) is 3.13. The topological polar surface area (TPSA) is 44.5 Å². The lowest BCUT2D eigenvalue weighted by atomic mass is 9.99. The Kier molecular flexibility index (Phi) is 5.33. The van der Waals surface area contributed by atoms with E-state index in [2.05, 4.69) is 42.5 Å². The minimum absolute atomic E-state index is 0.0164. The predicted octanol–water partition coefficient (Wildman–Crippen LogP) is 2.37. The molecular weight excluding hydrogens is 238 g/mol. The third kappa shape index (κ3) is 4.03. The van der Waals surface area contributed by atoms with E-state index in [0.717, 1.165) is 6.42 Å². The molecule has 0 radical (unpaired) electrons. The molecule has 0 aromatic heterocycles. The van der Waals surface area contributed by atoms with E-state index in [-0.39, 0.29) is 6.04 Å². The lowest BCUT2D eigenvalue weighted by Gasteiger charge is -2.13. The van der Waals surface area contributed by atoms with Crippen LogP contribution in [-0.4, -0.2) is 33.0 Å². The van der Waals surface area contributed by atoms with Gasteiger partial charge in [-0.05, 0) is 22.8 Å². The Morgan fingerprint density at radius 3 is 2.68 bits per heavy atom. The Hall–Kier alpha value is -1.42. The molecule has 2 rings (SSSR count). The molecule has 0 fully saturated rings. The average molecular weight is 259 g/mol. The second-order valence-corrected chi connectivity index (χ2v) is 4.67. The molecule has 3 nitrogen and oxygen atoms in total. The van der Waals surface area contributed by atoms with Crippen LogP contribution in [0.15, 0.2) is 42.5 Å². The van der Waals surface area contributed by atoms with Crippen molar-refractivity contribution >= 4 is 10.8 Å². The van der Waals surface area contributed by atoms with Crippen LogP contribution in [0.2, 0.25) is 0 Å². The standard InChI is InChI=1S/C16H21NO2/c1-18-9-10-19-12-15(17)11-14-7-4-6-13-5-2-3-8-16(13)14/h2-8,15H,9-12,17H2,1H3. The minimum Gasteiger partial charge on any atom is -0.382 e. The van der Waals surface area contributed by atoms with E-state index in [1.807, 2.05) is 0 Å². The molecule has 2 aromatic rings. The van der Waals surface area contributed by atoms with Gasteiger partial charge in [-0.25, -0.2) is 0 Å². The molecular formula is C16H21NO2. The van der Waals surface area contributed by atoms with Crippen molar-refractivity contribution < 1.29 is 9.47 Å². The summed E-state index contributed by atoms with van der Waals surface area (Å²) < 4.78 is 10.4. The maximum absolute atomic E-state index is 6.11. The summed E-state index contributed by atoms with van der Waals surface area (Å²) in [5.41, 5.74) is 7.39. The van der Waals surface area contributed by atoms with Crippen LogP contribution < -0.4 is 5.73 Å². The molecule has 0 amide bonds. The zero-order chi connectivity index (χ0) is 13.5. The van der Waals surface area contributed by atoms with Crippen molar-refractivity contribution in [1.82, 2.24) is 0 Å². The number of rotatable bonds is 7. The van der Waals surface area contributed by atoms with Crippen LogP contribution in [0.3, 0.4) is 0 Å². The highest BCUT2D eigenvalue weighted by atomic mass is 16.5. The van der Waals surface area contributed by atoms with E-state index >= 15 is 0 Å². The van der Waals surface area contributed by atoms with Gasteiger partial charge >= 0.3 is 0 Å². The lowest BCUT2D eigenvalue weighted by Crippen LogP contribution is -2.29. The molecule has 0 bridgehead atoms. The predicted molar refractivity (Wildman–Crippen MR) is 78.3 cm³/mol. The van der Waals surface area contributed by atoms with Crippen LogP contribution in [-0.2, 0) is 15.9 Å². The molecule has 0 aliphatic rings. The molecule has 0 aliphatic heterocycles. The first-order chi connectivity index (χ1) is 9.31. The van der Waals surface area contributed by atoms with E-state index in [4.69, 9.17) is 15.2 Å². The quantitative estimate of drug-likeness (QED) is 0.776. The molecule has 0 saturated carbocycles. The first-order valence-electron chi connectivity index (χ1n) is 6.60. The van der Waals surface area contributed by atoms with E-state index < -0.39 is 0 Å². The fourth-order valence-electron chi connectivity index (χ4n) is 2.19. The SMILES string of the molecule is COCCOCC(N)Cc1cccc2ccccc12. The molecule has 1 unspecified atom stereocenters. The molecule has 102 valence electrons. The van der Waals surface area contributed by atoms with Gasteiger partial charge in [-0.1, -0.05) is 42.5 Å².